The summed E-state index contributed by atoms with van der Waals surface area (Å²) in [5.74, 6) is 0.242. The minimum Gasteiger partial charge on any atom is -0.192 e. The van der Waals surface area contributed by atoms with Gasteiger partial charge in [0.15, 0.2) is 0 Å². The number of hydrogen-bond acceptors (Lipinski definition) is 2. The summed E-state index contributed by atoms with van der Waals surface area (Å²) in [7, 11) is 0. The predicted molar refractivity (Wildman–Crippen MR) is 55.0 cm³/mol. The standard InChI is InChI=1S/C12H14N2/c1-2-10-6-4-3-5-7-12(10)11(8-13)9-14/h2,10H,1,3-7H2/t10-/m1/s1. The van der Waals surface area contributed by atoms with Crippen LogP contribution in [0.1, 0.15) is 32.1 Å². The molecule has 0 aromatic carbocycles. The van der Waals surface area contributed by atoms with E-state index in [1.54, 1.807) is 0 Å². The molecule has 1 aliphatic carbocycles. The van der Waals surface area contributed by atoms with Crippen molar-refractivity contribution in [2.45, 2.75) is 32.1 Å². The molecule has 0 aromatic heterocycles. The number of rotatable bonds is 1. The van der Waals surface area contributed by atoms with Crippen LogP contribution in [-0.4, -0.2) is 0 Å². The molecule has 0 aromatic rings. The molecule has 0 radical (unpaired) electrons. The zero-order chi connectivity index (χ0) is 10.4. The highest BCUT2D eigenvalue weighted by molar-refractivity contribution is 5.42. The molecule has 0 N–H and O–H groups in total. The molecular formula is C12H14N2. The van der Waals surface area contributed by atoms with E-state index in [0.717, 1.165) is 24.8 Å². The summed E-state index contributed by atoms with van der Waals surface area (Å²) in [6, 6.07) is 3.97. The van der Waals surface area contributed by atoms with Gasteiger partial charge in [-0.25, -0.2) is 0 Å². The van der Waals surface area contributed by atoms with E-state index < -0.39 is 0 Å². The summed E-state index contributed by atoms with van der Waals surface area (Å²) in [6.07, 6.45) is 7.24. The molecule has 14 heavy (non-hydrogen) atoms. The Labute approximate surface area is 85.2 Å². The number of allylic oxidation sites excluding steroid dienone is 3. The second-order valence-electron chi connectivity index (χ2n) is 3.57. The van der Waals surface area contributed by atoms with Crippen molar-refractivity contribution >= 4 is 0 Å². The van der Waals surface area contributed by atoms with Gasteiger partial charge in [-0.1, -0.05) is 18.9 Å². The lowest BCUT2D eigenvalue weighted by Crippen LogP contribution is -2.01. The molecule has 1 rings (SSSR count). The Hall–Kier alpha value is -1.54. The molecule has 0 heterocycles. The summed E-state index contributed by atoms with van der Waals surface area (Å²) in [5.41, 5.74) is 1.30. The van der Waals surface area contributed by atoms with Crippen LogP contribution in [0, 0.1) is 28.6 Å². The van der Waals surface area contributed by atoms with Crippen LogP contribution in [0.4, 0.5) is 0 Å². The second-order valence-corrected chi connectivity index (χ2v) is 3.57. The Morgan fingerprint density at radius 3 is 2.57 bits per heavy atom. The quantitative estimate of drug-likeness (QED) is 0.359. The Kier molecular flexibility index (Phi) is 3.95. The lowest BCUT2D eigenvalue weighted by Gasteiger charge is -2.12. The van der Waals surface area contributed by atoms with Crippen LogP contribution in [0.5, 0.6) is 0 Å². The molecule has 1 saturated carbocycles. The lowest BCUT2D eigenvalue weighted by atomic mass is 9.91. The molecule has 1 fully saturated rings. The number of nitriles is 2. The smallest absolute Gasteiger partial charge is 0.129 e. The SMILES string of the molecule is C=C[C@@H]1CCCCCC1=C(C#N)C#N. The first-order valence-electron chi connectivity index (χ1n) is 4.99. The van der Waals surface area contributed by atoms with E-state index in [1.807, 2.05) is 18.2 Å². The van der Waals surface area contributed by atoms with Crippen molar-refractivity contribution < 1.29 is 0 Å². The first-order valence-corrected chi connectivity index (χ1v) is 4.99. The largest absolute Gasteiger partial charge is 0.192 e. The third kappa shape index (κ3) is 2.24. The Bertz CT molecular complexity index is 309. The molecular weight excluding hydrogens is 172 g/mol. The van der Waals surface area contributed by atoms with Crippen molar-refractivity contribution in [1.82, 2.24) is 0 Å². The van der Waals surface area contributed by atoms with Gasteiger partial charge in [0.05, 0.1) is 0 Å². The Balaban J connectivity index is 3.03. The van der Waals surface area contributed by atoms with Crippen LogP contribution in [0.3, 0.4) is 0 Å². The maximum atomic E-state index is 8.82. The van der Waals surface area contributed by atoms with Gasteiger partial charge in [0.2, 0.25) is 0 Å². The Morgan fingerprint density at radius 2 is 2.00 bits per heavy atom. The summed E-state index contributed by atoms with van der Waals surface area (Å²) in [5, 5.41) is 17.6. The molecule has 1 atom stereocenters. The normalized spacial score (nSPS) is 21.6. The number of nitrogens with zero attached hydrogens (tertiary/aromatic N) is 2. The summed E-state index contributed by atoms with van der Waals surface area (Å²) in [6.45, 7) is 3.77. The van der Waals surface area contributed by atoms with Crippen molar-refractivity contribution in [2.75, 3.05) is 0 Å². The predicted octanol–water partition coefficient (Wildman–Crippen LogP) is 3.10. The highest BCUT2D eigenvalue weighted by Gasteiger charge is 2.18. The molecule has 0 bridgehead atoms. The molecule has 0 spiro atoms. The van der Waals surface area contributed by atoms with Gasteiger partial charge < -0.3 is 0 Å². The molecule has 0 amide bonds. The highest BCUT2D eigenvalue weighted by Crippen LogP contribution is 2.30. The van der Waals surface area contributed by atoms with Crippen LogP contribution in [0.25, 0.3) is 0 Å². The van der Waals surface area contributed by atoms with Crippen molar-refractivity contribution in [3.05, 3.63) is 23.8 Å². The summed E-state index contributed by atoms with van der Waals surface area (Å²) >= 11 is 0. The fraction of sp³-hybridized carbons (Fsp3) is 0.500. The minimum absolute atomic E-state index is 0.242. The zero-order valence-corrected chi connectivity index (χ0v) is 8.29. The minimum atomic E-state index is 0.242. The Morgan fingerprint density at radius 1 is 1.29 bits per heavy atom. The van der Waals surface area contributed by atoms with Gasteiger partial charge in [0.1, 0.15) is 17.7 Å². The van der Waals surface area contributed by atoms with Crippen LogP contribution < -0.4 is 0 Å². The van der Waals surface area contributed by atoms with Gasteiger partial charge >= 0.3 is 0 Å². The van der Waals surface area contributed by atoms with Gasteiger partial charge in [0.25, 0.3) is 0 Å². The van der Waals surface area contributed by atoms with Crippen LogP contribution in [0.15, 0.2) is 23.8 Å². The average Bonchev–Trinajstić information content (AvgIpc) is 2.45. The summed E-state index contributed by atoms with van der Waals surface area (Å²) < 4.78 is 0. The molecule has 2 nitrogen and oxygen atoms in total. The van der Waals surface area contributed by atoms with Crippen LogP contribution >= 0.6 is 0 Å². The third-order valence-electron chi connectivity index (χ3n) is 2.74. The van der Waals surface area contributed by atoms with Gasteiger partial charge in [-0.2, -0.15) is 10.5 Å². The first-order chi connectivity index (χ1) is 6.83. The molecule has 0 aliphatic heterocycles. The van der Waals surface area contributed by atoms with E-state index in [1.165, 1.54) is 12.8 Å². The van der Waals surface area contributed by atoms with E-state index >= 15 is 0 Å². The van der Waals surface area contributed by atoms with E-state index in [-0.39, 0.29) is 5.92 Å². The zero-order valence-electron chi connectivity index (χ0n) is 8.29. The molecule has 0 unspecified atom stereocenters. The van der Waals surface area contributed by atoms with Gasteiger partial charge in [0, 0.05) is 0 Å². The van der Waals surface area contributed by atoms with Crippen LogP contribution in [0.2, 0.25) is 0 Å². The van der Waals surface area contributed by atoms with Gasteiger partial charge in [-0.15, -0.1) is 6.58 Å². The highest BCUT2D eigenvalue weighted by atomic mass is 14.3. The van der Waals surface area contributed by atoms with E-state index in [9.17, 15) is 0 Å². The van der Waals surface area contributed by atoms with E-state index in [2.05, 4.69) is 6.58 Å². The molecule has 2 heteroatoms. The molecule has 1 aliphatic rings. The second kappa shape index (κ2) is 5.25. The monoisotopic (exact) mass is 186 g/mol. The fourth-order valence-corrected chi connectivity index (χ4v) is 1.96. The topological polar surface area (TPSA) is 47.6 Å². The molecule has 0 saturated heterocycles. The average molecular weight is 186 g/mol. The van der Waals surface area contributed by atoms with Gasteiger partial charge in [-0.05, 0) is 30.8 Å². The maximum absolute atomic E-state index is 8.82. The lowest BCUT2D eigenvalue weighted by molar-refractivity contribution is 0.642. The van der Waals surface area contributed by atoms with Crippen molar-refractivity contribution in [2.24, 2.45) is 5.92 Å². The summed E-state index contributed by atoms with van der Waals surface area (Å²) in [4.78, 5) is 0. The fourth-order valence-electron chi connectivity index (χ4n) is 1.96. The number of hydrogen-bond donors (Lipinski definition) is 0. The third-order valence-corrected chi connectivity index (χ3v) is 2.74. The van der Waals surface area contributed by atoms with Gasteiger partial charge in [-0.3, -0.25) is 0 Å². The van der Waals surface area contributed by atoms with E-state index in [4.69, 9.17) is 10.5 Å². The van der Waals surface area contributed by atoms with Crippen molar-refractivity contribution in [3.8, 4) is 12.1 Å². The molecule has 72 valence electrons. The van der Waals surface area contributed by atoms with E-state index in [0.29, 0.717) is 5.57 Å². The maximum Gasteiger partial charge on any atom is 0.129 e. The van der Waals surface area contributed by atoms with Crippen LogP contribution in [-0.2, 0) is 0 Å². The van der Waals surface area contributed by atoms with Crippen molar-refractivity contribution in [1.29, 1.82) is 10.5 Å². The first kappa shape index (κ1) is 10.5. The van der Waals surface area contributed by atoms with Crippen molar-refractivity contribution in [3.63, 3.8) is 0 Å².